The number of rotatable bonds is 5. The molecule has 1 heterocycles. The molecule has 1 aliphatic rings. The van der Waals surface area contributed by atoms with E-state index < -0.39 is 5.54 Å². The average Bonchev–Trinajstić information content (AvgIpc) is 2.25. The van der Waals surface area contributed by atoms with Gasteiger partial charge in [-0.3, -0.25) is 9.59 Å². The highest BCUT2D eigenvalue weighted by Gasteiger charge is 2.47. The van der Waals surface area contributed by atoms with E-state index in [1.807, 2.05) is 20.8 Å². The molecular weight excluding hydrogens is 240 g/mol. The van der Waals surface area contributed by atoms with Crippen LogP contribution in [0.2, 0.25) is 0 Å². The number of nitrogens with zero attached hydrogens (tertiary/aromatic N) is 1. The summed E-state index contributed by atoms with van der Waals surface area (Å²) in [5.41, 5.74) is -0.751. The monoisotopic (exact) mass is 268 g/mol. The molecule has 1 rings (SSSR count). The Morgan fingerprint density at radius 3 is 2.32 bits per heavy atom. The summed E-state index contributed by atoms with van der Waals surface area (Å²) in [6.07, 6.45) is 2.64. The van der Waals surface area contributed by atoms with Gasteiger partial charge in [0.25, 0.3) is 0 Å². The van der Waals surface area contributed by atoms with Crippen LogP contribution in [-0.4, -0.2) is 34.3 Å². The minimum atomic E-state index is -0.751. The first-order valence-corrected chi connectivity index (χ1v) is 7.35. The maximum absolute atomic E-state index is 12.6. The van der Waals surface area contributed by atoms with Crippen molar-refractivity contribution in [2.75, 3.05) is 0 Å². The van der Waals surface area contributed by atoms with Gasteiger partial charge in [-0.25, -0.2) is 0 Å². The molecule has 2 amide bonds. The molecule has 0 bridgehead atoms. The fourth-order valence-corrected chi connectivity index (χ4v) is 2.90. The number of amides is 2. The zero-order valence-corrected chi connectivity index (χ0v) is 13.1. The molecule has 0 aliphatic carbocycles. The molecule has 4 heteroatoms. The van der Waals surface area contributed by atoms with E-state index in [0.717, 1.165) is 12.8 Å². The molecule has 0 aromatic heterocycles. The van der Waals surface area contributed by atoms with E-state index in [1.165, 1.54) is 0 Å². The van der Waals surface area contributed by atoms with Crippen LogP contribution in [0.15, 0.2) is 0 Å². The topological polar surface area (TPSA) is 49.4 Å². The van der Waals surface area contributed by atoms with Crippen LogP contribution in [-0.2, 0) is 9.59 Å². The van der Waals surface area contributed by atoms with Crippen LogP contribution in [0.3, 0.4) is 0 Å². The van der Waals surface area contributed by atoms with E-state index in [1.54, 1.807) is 4.90 Å². The summed E-state index contributed by atoms with van der Waals surface area (Å²) in [5.74, 6) is 0.416. The normalized spacial score (nSPS) is 24.6. The van der Waals surface area contributed by atoms with Gasteiger partial charge in [-0.1, -0.05) is 27.2 Å². The van der Waals surface area contributed by atoms with Crippen molar-refractivity contribution in [3.8, 4) is 0 Å². The molecule has 0 spiro atoms. The molecule has 4 nitrogen and oxygen atoms in total. The van der Waals surface area contributed by atoms with Gasteiger partial charge in [-0.05, 0) is 39.5 Å². The van der Waals surface area contributed by atoms with E-state index in [2.05, 4.69) is 26.1 Å². The smallest absolute Gasteiger partial charge is 0.246 e. The molecule has 2 unspecified atom stereocenters. The molecule has 0 saturated carbocycles. The van der Waals surface area contributed by atoms with Gasteiger partial charge in [0.15, 0.2) is 0 Å². The molecule has 2 atom stereocenters. The highest BCUT2D eigenvalue weighted by molar-refractivity contribution is 5.99. The number of nitrogens with one attached hydrogen (secondary N) is 1. The van der Waals surface area contributed by atoms with Crippen LogP contribution in [0.5, 0.6) is 0 Å². The lowest BCUT2D eigenvalue weighted by molar-refractivity contribution is -0.158. The molecule has 19 heavy (non-hydrogen) atoms. The van der Waals surface area contributed by atoms with Crippen LogP contribution < -0.4 is 5.32 Å². The quantitative estimate of drug-likeness (QED) is 0.832. The first kappa shape index (κ1) is 16.0. The lowest BCUT2D eigenvalue weighted by Gasteiger charge is -2.47. The second-order valence-electron chi connectivity index (χ2n) is 6.56. The summed E-state index contributed by atoms with van der Waals surface area (Å²) in [7, 11) is 0. The average molecular weight is 268 g/mol. The highest BCUT2D eigenvalue weighted by atomic mass is 16.2. The third kappa shape index (κ3) is 3.28. The maximum atomic E-state index is 12.6. The summed E-state index contributed by atoms with van der Waals surface area (Å²) in [6.45, 7) is 11.9. The lowest BCUT2D eigenvalue weighted by Crippen LogP contribution is -2.70. The number of hydrogen-bond donors (Lipinski definition) is 1. The SMILES string of the molecule is CCCC(C)N1C(=O)C(CC(C)C)NC(=O)C1(C)C. The number of carbonyl (C=O) groups excluding carboxylic acids is 2. The van der Waals surface area contributed by atoms with Crippen LogP contribution >= 0.6 is 0 Å². The molecule has 1 N–H and O–H groups in total. The Balaban J connectivity index is 3.00. The van der Waals surface area contributed by atoms with Gasteiger partial charge in [-0.15, -0.1) is 0 Å². The van der Waals surface area contributed by atoms with Crippen LogP contribution in [0.25, 0.3) is 0 Å². The number of hydrogen-bond acceptors (Lipinski definition) is 2. The minimum absolute atomic E-state index is 0.0410. The fourth-order valence-electron chi connectivity index (χ4n) is 2.90. The van der Waals surface area contributed by atoms with Gasteiger partial charge in [-0.2, -0.15) is 0 Å². The van der Waals surface area contributed by atoms with E-state index in [0.29, 0.717) is 12.3 Å². The van der Waals surface area contributed by atoms with Crippen molar-refractivity contribution in [2.45, 2.75) is 78.4 Å². The highest BCUT2D eigenvalue weighted by Crippen LogP contribution is 2.27. The molecule has 0 aromatic carbocycles. The molecule has 1 fully saturated rings. The summed E-state index contributed by atoms with van der Waals surface area (Å²) in [5, 5.41) is 2.88. The zero-order chi connectivity index (χ0) is 14.8. The Labute approximate surface area is 116 Å². The predicted molar refractivity (Wildman–Crippen MR) is 76.7 cm³/mol. The summed E-state index contributed by atoms with van der Waals surface area (Å²) in [4.78, 5) is 26.7. The molecule has 1 aliphatic heterocycles. The minimum Gasteiger partial charge on any atom is -0.342 e. The lowest BCUT2D eigenvalue weighted by atomic mass is 9.90. The number of carbonyl (C=O) groups is 2. The summed E-state index contributed by atoms with van der Waals surface area (Å²) < 4.78 is 0. The first-order valence-electron chi connectivity index (χ1n) is 7.35. The number of piperazine rings is 1. The Morgan fingerprint density at radius 1 is 1.26 bits per heavy atom. The van der Waals surface area contributed by atoms with Crippen molar-refractivity contribution in [2.24, 2.45) is 5.92 Å². The molecule has 0 radical (unpaired) electrons. The van der Waals surface area contributed by atoms with Gasteiger partial charge in [0.2, 0.25) is 11.8 Å². The third-order valence-electron chi connectivity index (χ3n) is 3.85. The van der Waals surface area contributed by atoms with Gasteiger partial charge < -0.3 is 10.2 Å². The third-order valence-corrected chi connectivity index (χ3v) is 3.85. The largest absolute Gasteiger partial charge is 0.342 e. The van der Waals surface area contributed by atoms with Crippen molar-refractivity contribution in [3.05, 3.63) is 0 Å². The van der Waals surface area contributed by atoms with Gasteiger partial charge >= 0.3 is 0 Å². The second-order valence-corrected chi connectivity index (χ2v) is 6.56. The van der Waals surface area contributed by atoms with Crippen LogP contribution in [0, 0.1) is 5.92 Å². The van der Waals surface area contributed by atoms with E-state index in [4.69, 9.17) is 0 Å². The van der Waals surface area contributed by atoms with Crippen molar-refractivity contribution >= 4 is 11.8 Å². The Hall–Kier alpha value is -1.06. The molecule has 110 valence electrons. The van der Waals surface area contributed by atoms with Crippen molar-refractivity contribution in [3.63, 3.8) is 0 Å². The first-order chi connectivity index (χ1) is 8.71. The van der Waals surface area contributed by atoms with Crippen LogP contribution in [0.4, 0.5) is 0 Å². The standard InChI is InChI=1S/C15H28N2O2/c1-7-8-11(4)17-13(18)12(9-10(2)3)16-14(19)15(17,5)6/h10-12H,7-9H2,1-6H3,(H,16,19). The van der Waals surface area contributed by atoms with Crippen molar-refractivity contribution in [1.29, 1.82) is 0 Å². The van der Waals surface area contributed by atoms with Gasteiger partial charge in [0.05, 0.1) is 0 Å². The summed E-state index contributed by atoms with van der Waals surface area (Å²) >= 11 is 0. The summed E-state index contributed by atoms with van der Waals surface area (Å²) in [6, 6.07) is -0.256. The van der Waals surface area contributed by atoms with Crippen molar-refractivity contribution < 1.29 is 9.59 Å². The second kappa shape index (κ2) is 5.93. The van der Waals surface area contributed by atoms with E-state index in [-0.39, 0.29) is 23.9 Å². The van der Waals surface area contributed by atoms with Gasteiger partial charge in [0, 0.05) is 6.04 Å². The zero-order valence-electron chi connectivity index (χ0n) is 13.1. The van der Waals surface area contributed by atoms with Gasteiger partial charge in [0.1, 0.15) is 11.6 Å². The van der Waals surface area contributed by atoms with Crippen molar-refractivity contribution in [1.82, 2.24) is 10.2 Å². The molecule has 0 aromatic rings. The fraction of sp³-hybridized carbons (Fsp3) is 0.867. The Bertz CT molecular complexity index is 350. The molecular formula is C15H28N2O2. The maximum Gasteiger partial charge on any atom is 0.246 e. The Morgan fingerprint density at radius 2 is 1.84 bits per heavy atom. The Kier molecular flexibility index (Phi) is 4.99. The van der Waals surface area contributed by atoms with E-state index >= 15 is 0 Å². The van der Waals surface area contributed by atoms with Crippen LogP contribution in [0.1, 0.15) is 60.8 Å². The molecule has 1 saturated heterocycles. The predicted octanol–water partition coefficient (Wildman–Crippen LogP) is 2.33. The van der Waals surface area contributed by atoms with E-state index in [9.17, 15) is 9.59 Å².